The molecule has 3 rings (SSSR count). The lowest BCUT2D eigenvalue weighted by molar-refractivity contribution is -0.154. The number of carbonyl (C=O) groups is 2. The Morgan fingerprint density at radius 3 is 2.32 bits per heavy atom. The highest BCUT2D eigenvalue weighted by molar-refractivity contribution is 7.99. The van der Waals surface area contributed by atoms with Crippen LogP contribution in [-0.4, -0.2) is 24.7 Å². The smallest absolute Gasteiger partial charge is 0.307 e. The van der Waals surface area contributed by atoms with E-state index in [1.165, 1.54) is 0 Å². The summed E-state index contributed by atoms with van der Waals surface area (Å²) >= 11 is 1.57. The van der Waals surface area contributed by atoms with Crippen LogP contribution in [-0.2, 0) is 14.3 Å². The van der Waals surface area contributed by atoms with Crippen molar-refractivity contribution in [1.29, 1.82) is 0 Å². The number of amides is 1. The summed E-state index contributed by atoms with van der Waals surface area (Å²) in [6, 6.07) is 24.3. The number of rotatable bonds is 9. The number of methoxy groups -OCH3 is 1. The highest BCUT2D eigenvalue weighted by Crippen LogP contribution is 2.28. The maximum atomic E-state index is 13.1. The van der Waals surface area contributed by atoms with Crippen LogP contribution in [0.15, 0.2) is 83.8 Å². The Morgan fingerprint density at radius 1 is 0.968 bits per heavy atom. The van der Waals surface area contributed by atoms with Gasteiger partial charge in [-0.15, -0.1) is 11.8 Å². The molecule has 0 aliphatic rings. The van der Waals surface area contributed by atoms with Crippen LogP contribution in [0, 0.1) is 6.92 Å². The average Bonchev–Trinajstić information content (AvgIpc) is 2.79. The van der Waals surface area contributed by atoms with Gasteiger partial charge in [-0.1, -0.05) is 54.6 Å². The van der Waals surface area contributed by atoms with Gasteiger partial charge in [0, 0.05) is 16.2 Å². The molecule has 6 heteroatoms. The zero-order valence-electron chi connectivity index (χ0n) is 17.5. The molecule has 1 amide bonds. The van der Waals surface area contributed by atoms with Gasteiger partial charge in [-0.2, -0.15) is 0 Å². The normalized spacial score (nSPS) is 11.4. The van der Waals surface area contributed by atoms with Crippen LogP contribution in [0.5, 0.6) is 5.75 Å². The van der Waals surface area contributed by atoms with Crippen molar-refractivity contribution in [3.8, 4) is 5.75 Å². The quantitative estimate of drug-likeness (QED) is 0.360. The van der Waals surface area contributed by atoms with Gasteiger partial charge in [0.05, 0.1) is 19.2 Å². The second-order valence-corrected chi connectivity index (χ2v) is 8.05. The Morgan fingerprint density at radius 2 is 1.65 bits per heavy atom. The van der Waals surface area contributed by atoms with Crippen molar-refractivity contribution in [2.24, 2.45) is 0 Å². The van der Waals surface area contributed by atoms with Gasteiger partial charge >= 0.3 is 5.97 Å². The van der Waals surface area contributed by atoms with Gasteiger partial charge in [-0.25, -0.2) is 0 Å². The van der Waals surface area contributed by atoms with E-state index in [1.807, 2.05) is 67.6 Å². The van der Waals surface area contributed by atoms with Crippen LogP contribution in [0.1, 0.15) is 23.7 Å². The number of thioether (sulfide) groups is 1. The molecule has 0 radical (unpaired) electrons. The van der Waals surface area contributed by atoms with E-state index in [0.29, 0.717) is 22.8 Å². The van der Waals surface area contributed by atoms with Crippen molar-refractivity contribution in [1.82, 2.24) is 0 Å². The lowest BCUT2D eigenvalue weighted by Gasteiger charge is -2.19. The maximum Gasteiger partial charge on any atom is 0.307 e. The van der Waals surface area contributed by atoms with Gasteiger partial charge in [0.25, 0.3) is 5.91 Å². The molecule has 0 aliphatic carbocycles. The van der Waals surface area contributed by atoms with Crippen molar-refractivity contribution < 1.29 is 19.1 Å². The van der Waals surface area contributed by atoms with Gasteiger partial charge in [0.1, 0.15) is 5.75 Å². The highest BCUT2D eigenvalue weighted by atomic mass is 32.2. The van der Waals surface area contributed by atoms with Crippen LogP contribution in [0.3, 0.4) is 0 Å². The fourth-order valence-electron chi connectivity index (χ4n) is 2.98. The summed E-state index contributed by atoms with van der Waals surface area (Å²) in [5.74, 6) is 0.247. The maximum absolute atomic E-state index is 13.1. The monoisotopic (exact) mass is 435 g/mol. The first kappa shape index (κ1) is 22.4. The second kappa shape index (κ2) is 11.2. The number of benzene rings is 3. The van der Waals surface area contributed by atoms with E-state index in [1.54, 1.807) is 37.1 Å². The van der Waals surface area contributed by atoms with E-state index in [9.17, 15) is 9.59 Å². The number of nitrogens with one attached hydrogen (secondary N) is 1. The molecule has 0 bridgehead atoms. The van der Waals surface area contributed by atoms with Gasteiger partial charge in [-0.3, -0.25) is 9.59 Å². The Hall–Kier alpha value is -3.25. The fourth-order valence-corrected chi connectivity index (χ4v) is 3.83. The molecule has 160 valence electrons. The van der Waals surface area contributed by atoms with Gasteiger partial charge < -0.3 is 14.8 Å². The van der Waals surface area contributed by atoms with Crippen molar-refractivity contribution in [2.75, 3.05) is 18.2 Å². The van der Waals surface area contributed by atoms with Crippen molar-refractivity contribution >= 4 is 29.3 Å². The van der Waals surface area contributed by atoms with Gasteiger partial charge in [0.2, 0.25) is 6.10 Å². The predicted molar refractivity (Wildman–Crippen MR) is 123 cm³/mol. The summed E-state index contributed by atoms with van der Waals surface area (Å²) in [5.41, 5.74) is 2.11. The topological polar surface area (TPSA) is 64.6 Å². The molecule has 0 aliphatic heterocycles. The fraction of sp³-hybridized carbons (Fsp3) is 0.200. The van der Waals surface area contributed by atoms with E-state index in [0.717, 1.165) is 10.5 Å². The number of esters is 1. The molecule has 0 heterocycles. The Bertz CT molecular complexity index is 1010. The van der Waals surface area contributed by atoms with Crippen molar-refractivity contribution in [3.05, 3.63) is 90.0 Å². The van der Waals surface area contributed by atoms with Crippen molar-refractivity contribution in [2.45, 2.75) is 24.3 Å². The van der Waals surface area contributed by atoms with E-state index < -0.39 is 18.0 Å². The molecule has 1 N–H and O–H groups in total. The molecular weight excluding hydrogens is 410 g/mol. The number of anilines is 1. The lowest BCUT2D eigenvalue weighted by Crippen LogP contribution is -2.26. The molecule has 0 saturated heterocycles. The second-order valence-electron chi connectivity index (χ2n) is 6.89. The van der Waals surface area contributed by atoms with Gasteiger partial charge in [0.15, 0.2) is 0 Å². The largest absolute Gasteiger partial charge is 0.495 e. The molecule has 1 unspecified atom stereocenters. The molecule has 3 aromatic carbocycles. The SMILES string of the molecule is COc1ccc(C)cc1NC(=O)C(OC(=O)CCSc1ccccc1)c1ccccc1. The molecule has 0 aromatic heterocycles. The number of ether oxygens (including phenoxy) is 2. The minimum atomic E-state index is -1.05. The summed E-state index contributed by atoms with van der Waals surface area (Å²) in [6.45, 7) is 1.92. The first-order chi connectivity index (χ1) is 15.1. The third kappa shape index (κ3) is 6.62. The van der Waals surface area contributed by atoms with Crippen LogP contribution in [0.25, 0.3) is 0 Å². The Labute approximate surface area is 186 Å². The van der Waals surface area contributed by atoms with E-state index >= 15 is 0 Å². The molecular formula is C25H25NO4S. The van der Waals surface area contributed by atoms with E-state index in [-0.39, 0.29) is 6.42 Å². The third-order valence-electron chi connectivity index (χ3n) is 4.52. The van der Waals surface area contributed by atoms with Crippen LogP contribution < -0.4 is 10.1 Å². The highest BCUT2D eigenvalue weighted by Gasteiger charge is 2.26. The van der Waals surface area contributed by atoms with Crippen molar-refractivity contribution in [3.63, 3.8) is 0 Å². The molecule has 31 heavy (non-hydrogen) atoms. The van der Waals surface area contributed by atoms with Crippen LogP contribution in [0.4, 0.5) is 5.69 Å². The molecule has 3 aromatic rings. The number of hydrogen-bond donors (Lipinski definition) is 1. The molecule has 0 saturated carbocycles. The first-order valence-electron chi connectivity index (χ1n) is 9.94. The van der Waals surface area contributed by atoms with Gasteiger partial charge in [-0.05, 0) is 36.8 Å². The molecule has 5 nitrogen and oxygen atoms in total. The zero-order valence-corrected chi connectivity index (χ0v) is 18.4. The third-order valence-corrected chi connectivity index (χ3v) is 5.53. The minimum absolute atomic E-state index is 0.198. The Kier molecular flexibility index (Phi) is 8.12. The number of carbonyl (C=O) groups excluding carboxylic acids is 2. The van der Waals surface area contributed by atoms with E-state index in [2.05, 4.69) is 5.32 Å². The molecule has 0 spiro atoms. The zero-order chi connectivity index (χ0) is 22.1. The summed E-state index contributed by atoms with van der Waals surface area (Å²) in [4.78, 5) is 26.7. The molecule has 1 atom stereocenters. The number of aryl methyl sites for hydroxylation is 1. The van der Waals surface area contributed by atoms with Crippen LogP contribution >= 0.6 is 11.8 Å². The molecule has 0 fully saturated rings. The Balaban J connectivity index is 1.69. The summed E-state index contributed by atoms with van der Waals surface area (Å²) in [5, 5.41) is 2.84. The summed E-state index contributed by atoms with van der Waals surface area (Å²) in [7, 11) is 1.54. The number of hydrogen-bond acceptors (Lipinski definition) is 5. The predicted octanol–water partition coefficient (Wildman–Crippen LogP) is 5.41. The lowest BCUT2D eigenvalue weighted by atomic mass is 10.1. The standard InChI is InChI=1S/C25H25NO4S/c1-18-13-14-22(29-2)21(17-18)26-25(28)24(19-9-5-3-6-10-19)30-23(27)15-16-31-20-11-7-4-8-12-20/h3-14,17,24H,15-16H2,1-2H3,(H,26,28). The first-order valence-corrected chi connectivity index (χ1v) is 10.9. The van der Waals surface area contributed by atoms with Crippen LogP contribution in [0.2, 0.25) is 0 Å². The van der Waals surface area contributed by atoms with E-state index in [4.69, 9.17) is 9.47 Å². The summed E-state index contributed by atoms with van der Waals surface area (Å²) in [6.07, 6.45) is -0.857. The summed E-state index contributed by atoms with van der Waals surface area (Å²) < 4.78 is 10.9. The minimum Gasteiger partial charge on any atom is -0.495 e. The average molecular weight is 436 g/mol.